The lowest BCUT2D eigenvalue weighted by Gasteiger charge is -1.98. The molecule has 5 N–H and O–H groups in total. The Kier molecular flexibility index (Phi) is 4.16. The van der Waals surface area contributed by atoms with Crippen LogP contribution in [-0.4, -0.2) is 17.1 Å². The Morgan fingerprint density at radius 1 is 1.38 bits per heavy atom. The van der Waals surface area contributed by atoms with Gasteiger partial charge in [0.15, 0.2) is 0 Å². The second-order valence-electron chi connectivity index (χ2n) is 2.29. The molecule has 1 aromatic rings. The highest BCUT2D eigenvalue weighted by molar-refractivity contribution is 7.80. The van der Waals surface area contributed by atoms with E-state index in [1.165, 1.54) is 0 Å². The van der Waals surface area contributed by atoms with E-state index < -0.39 is 5.91 Å². The van der Waals surface area contributed by atoms with Gasteiger partial charge in [0.1, 0.15) is 5.71 Å². The van der Waals surface area contributed by atoms with Gasteiger partial charge in [0, 0.05) is 11.9 Å². The molecular formula is C8H12N2O2S. The Balaban J connectivity index is 0. The highest BCUT2D eigenvalue weighted by Gasteiger charge is 2.05. The van der Waals surface area contributed by atoms with E-state index in [4.69, 9.17) is 11.1 Å². The maximum Gasteiger partial charge on any atom is 0.267 e. The van der Waals surface area contributed by atoms with Gasteiger partial charge in [0.05, 0.1) is 0 Å². The molecule has 5 heteroatoms. The van der Waals surface area contributed by atoms with E-state index in [-0.39, 0.29) is 12.6 Å². The largest absolute Gasteiger partial charge is 0.412 e. The standard InChI is InChI=1S/C8H8N2OS.H2O.H2/c9-7(8(10)11)5-1-3-6(12)4-2-5;;/h1-4,9,12H,(H2,10,11);1H2;1H. The molecule has 0 atom stereocenters. The fraction of sp³-hybridized carbons (Fsp3) is 0. The molecule has 0 bridgehead atoms. The minimum atomic E-state index is -0.720. The summed E-state index contributed by atoms with van der Waals surface area (Å²) in [6.45, 7) is 0. The van der Waals surface area contributed by atoms with Crippen LogP contribution in [0.1, 0.15) is 6.99 Å². The van der Waals surface area contributed by atoms with Gasteiger partial charge < -0.3 is 11.2 Å². The van der Waals surface area contributed by atoms with Crippen molar-refractivity contribution < 1.29 is 11.7 Å². The van der Waals surface area contributed by atoms with Crippen molar-refractivity contribution in [1.82, 2.24) is 0 Å². The van der Waals surface area contributed by atoms with E-state index in [9.17, 15) is 4.79 Å². The fourth-order valence-electron chi connectivity index (χ4n) is 0.770. The van der Waals surface area contributed by atoms with Crippen LogP contribution in [0.5, 0.6) is 0 Å². The quantitative estimate of drug-likeness (QED) is 0.463. The average molecular weight is 200 g/mol. The molecule has 1 aromatic carbocycles. The topological polar surface area (TPSA) is 98.4 Å². The number of benzene rings is 1. The number of thiol groups is 1. The summed E-state index contributed by atoms with van der Waals surface area (Å²) in [7, 11) is 0. The molecule has 0 spiro atoms. The van der Waals surface area contributed by atoms with Gasteiger partial charge >= 0.3 is 0 Å². The minimum absolute atomic E-state index is 0. The van der Waals surface area contributed by atoms with Gasteiger partial charge in [0.2, 0.25) is 0 Å². The number of nitrogens with one attached hydrogen (secondary N) is 1. The van der Waals surface area contributed by atoms with E-state index >= 15 is 0 Å². The number of carbonyl (C=O) groups excluding carboxylic acids is 1. The van der Waals surface area contributed by atoms with Crippen molar-refractivity contribution in [3.05, 3.63) is 29.8 Å². The van der Waals surface area contributed by atoms with Crippen LogP contribution in [0.15, 0.2) is 29.2 Å². The molecule has 0 saturated heterocycles. The molecular weight excluding hydrogens is 188 g/mol. The fourth-order valence-corrected chi connectivity index (χ4v) is 0.919. The Hall–Kier alpha value is -1.33. The van der Waals surface area contributed by atoms with Crippen molar-refractivity contribution in [2.45, 2.75) is 4.90 Å². The maximum atomic E-state index is 10.6. The van der Waals surface area contributed by atoms with Crippen molar-refractivity contribution in [1.29, 1.82) is 5.41 Å². The summed E-state index contributed by atoms with van der Waals surface area (Å²) in [5.74, 6) is -0.720. The van der Waals surface area contributed by atoms with Gasteiger partial charge in [-0.25, -0.2) is 0 Å². The van der Waals surface area contributed by atoms with Crippen LogP contribution in [0.3, 0.4) is 0 Å². The number of amides is 1. The zero-order chi connectivity index (χ0) is 9.14. The molecule has 72 valence electrons. The van der Waals surface area contributed by atoms with Crippen LogP contribution in [0, 0.1) is 5.41 Å². The van der Waals surface area contributed by atoms with E-state index in [1.807, 2.05) is 0 Å². The van der Waals surface area contributed by atoms with Gasteiger partial charge in [-0.05, 0) is 12.1 Å². The first-order valence-corrected chi connectivity index (χ1v) is 3.73. The first-order chi connectivity index (χ1) is 5.61. The first kappa shape index (κ1) is 11.7. The monoisotopic (exact) mass is 200 g/mol. The molecule has 0 radical (unpaired) electrons. The normalized spacial score (nSPS) is 8.69. The van der Waals surface area contributed by atoms with Gasteiger partial charge in [-0.15, -0.1) is 12.6 Å². The number of hydrogen-bond donors (Lipinski definition) is 3. The summed E-state index contributed by atoms with van der Waals surface area (Å²) in [6.07, 6.45) is 0. The minimum Gasteiger partial charge on any atom is -0.412 e. The molecule has 0 fully saturated rings. The smallest absolute Gasteiger partial charge is 0.267 e. The van der Waals surface area contributed by atoms with Crippen molar-refractivity contribution in [3.63, 3.8) is 0 Å². The summed E-state index contributed by atoms with van der Waals surface area (Å²) in [5, 5.41) is 7.26. The molecule has 0 saturated carbocycles. The highest BCUT2D eigenvalue weighted by atomic mass is 32.1. The number of nitrogens with two attached hydrogens (primary N) is 1. The number of rotatable bonds is 2. The lowest BCUT2D eigenvalue weighted by atomic mass is 10.1. The SMILES string of the molecule is N=C(C(N)=O)c1ccc(S)cc1.O.[HH]. The Labute approximate surface area is 82.5 Å². The molecule has 0 heterocycles. The van der Waals surface area contributed by atoms with E-state index in [0.29, 0.717) is 5.56 Å². The van der Waals surface area contributed by atoms with Gasteiger partial charge in [-0.2, -0.15) is 0 Å². The summed E-state index contributed by atoms with van der Waals surface area (Å²) >= 11 is 4.07. The lowest BCUT2D eigenvalue weighted by Crippen LogP contribution is -2.22. The molecule has 1 rings (SSSR count). The van der Waals surface area contributed by atoms with Gasteiger partial charge in [-0.1, -0.05) is 12.1 Å². The Bertz CT molecular complexity index is 327. The predicted molar refractivity (Wildman–Crippen MR) is 55.4 cm³/mol. The molecule has 13 heavy (non-hydrogen) atoms. The summed E-state index contributed by atoms with van der Waals surface area (Å²) < 4.78 is 0. The summed E-state index contributed by atoms with van der Waals surface area (Å²) in [4.78, 5) is 11.4. The third-order valence-corrected chi connectivity index (χ3v) is 1.70. The van der Waals surface area contributed by atoms with Gasteiger partial charge in [-0.3, -0.25) is 10.2 Å². The number of hydrogen-bond acceptors (Lipinski definition) is 3. The highest BCUT2D eigenvalue weighted by Crippen LogP contribution is 2.07. The molecule has 0 aromatic heterocycles. The molecule has 0 aliphatic heterocycles. The van der Waals surface area contributed by atoms with Crippen LogP contribution < -0.4 is 5.73 Å². The third-order valence-electron chi connectivity index (χ3n) is 1.40. The van der Waals surface area contributed by atoms with Gasteiger partial charge in [0.25, 0.3) is 5.91 Å². The van der Waals surface area contributed by atoms with Crippen molar-refractivity contribution in [3.8, 4) is 0 Å². The van der Waals surface area contributed by atoms with Crippen LogP contribution in [0.4, 0.5) is 0 Å². The predicted octanol–water partition coefficient (Wildman–Crippen LogP) is 0.250. The zero-order valence-electron chi connectivity index (χ0n) is 6.74. The summed E-state index contributed by atoms with van der Waals surface area (Å²) in [5.41, 5.74) is 5.26. The Morgan fingerprint density at radius 3 is 2.23 bits per heavy atom. The van der Waals surface area contributed by atoms with Crippen molar-refractivity contribution >= 4 is 24.2 Å². The molecule has 1 amide bonds. The van der Waals surface area contributed by atoms with Crippen molar-refractivity contribution in [2.75, 3.05) is 0 Å². The van der Waals surface area contributed by atoms with Crippen LogP contribution in [0.2, 0.25) is 0 Å². The van der Waals surface area contributed by atoms with E-state index in [2.05, 4.69) is 12.6 Å². The molecule has 0 aliphatic rings. The molecule has 0 unspecified atom stereocenters. The second-order valence-corrected chi connectivity index (χ2v) is 2.80. The average Bonchev–Trinajstić information content (AvgIpc) is 2.04. The lowest BCUT2D eigenvalue weighted by molar-refractivity contribution is -0.112. The van der Waals surface area contributed by atoms with Crippen molar-refractivity contribution in [2.24, 2.45) is 5.73 Å². The zero-order valence-corrected chi connectivity index (χ0v) is 7.64. The Morgan fingerprint density at radius 2 is 1.85 bits per heavy atom. The van der Waals surface area contributed by atoms with E-state index in [1.54, 1.807) is 24.3 Å². The number of carbonyl (C=O) groups is 1. The second kappa shape index (κ2) is 4.64. The van der Waals surface area contributed by atoms with E-state index in [0.717, 1.165) is 4.90 Å². The number of primary amides is 1. The maximum absolute atomic E-state index is 10.6. The molecule has 0 aliphatic carbocycles. The van der Waals surface area contributed by atoms with Crippen LogP contribution >= 0.6 is 12.6 Å². The molecule has 4 nitrogen and oxygen atoms in total. The van der Waals surface area contributed by atoms with Crippen LogP contribution in [0.25, 0.3) is 0 Å². The van der Waals surface area contributed by atoms with Crippen LogP contribution in [-0.2, 0) is 4.79 Å². The third kappa shape index (κ3) is 2.89. The summed E-state index contributed by atoms with van der Waals surface area (Å²) in [6, 6.07) is 6.68. The first-order valence-electron chi connectivity index (χ1n) is 3.29.